The number of aryl methyl sites for hydroxylation is 1. The molecule has 6 heteroatoms. The fourth-order valence-corrected chi connectivity index (χ4v) is 2.53. The van der Waals surface area contributed by atoms with E-state index >= 15 is 0 Å². The van der Waals surface area contributed by atoms with Crippen molar-refractivity contribution in [3.63, 3.8) is 0 Å². The molecule has 3 rings (SSSR count). The van der Waals surface area contributed by atoms with E-state index in [0.29, 0.717) is 17.4 Å². The third-order valence-electron chi connectivity index (χ3n) is 3.26. The zero-order valence-electron chi connectivity index (χ0n) is 11.0. The van der Waals surface area contributed by atoms with Crippen LogP contribution in [0.5, 0.6) is 0 Å². The Morgan fingerprint density at radius 1 is 1.50 bits per heavy atom. The number of carbonyl (C=O) groups excluding carboxylic acids is 1. The molecule has 5 nitrogen and oxygen atoms in total. The van der Waals surface area contributed by atoms with Crippen LogP contribution in [0.25, 0.3) is 0 Å². The van der Waals surface area contributed by atoms with Crippen LogP contribution in [0.4, 0.5) is 0 Å². The fraction of sp³-hybridized carbons (Fsp3) is 0.357. The van der Waals surface area contributed by atoms with Gasteiger partial charge in [-0.2, -0.15) is 4.98 Å². The third kappa shape index (κ3) is 2.84. The lowest BCUT2D eigenvalue weighted by Crippen LogP contribution is -2.24. The van der Waals surface area contributed by atoms with Gasteiger partial charge in [0.15, 0.2) is 5.82 Å². The first-order valence-electron chi connectivity index (χ1n) is 6.51. The lowest BCUT2D eigenvalue weighted by molar-refractivity contribution is 0.0945. The van der Waals surface area contributed by atoms with Gasteiger partial charge in [-0.05, 0) is 54.0 Å². The molecular formula is C14H14IN3O2. The summed E-state index contributed by atoms with van der Waals surface area (Å²) in [5.74, 6) is 1.56. The van der Waals surface area contributed by atoms with Gasteiger partial charge in [-0.25, -0.2) is 0 Å². The summed E-state index contributed by atoms with van der Waals surface area (Å²) in [6.07, 6.45) is 2.26. The summed E-state index contributed by atoms with van der Waals surface area (Å²) < 4.78 is 6.09. The molecule has 0 unspecified atom stereocenters. The predicted octanol–water partition coefficient (Wildman–Crippen LogP) is 2.79. The van der Waals surface area contributed by atoms with E-state index < -0.39 is 0 Å². The molecule has 0 atom stereocenters. The lowest BCUT2D eigenvalue weighted by atomic mass is 10.1. The van der Waals surface area contributed by atoms with E-state index in [0.717, 1.165) is 27.8 Å². The molecule has 0 radical (unpaired) electrons. The molecule has 0 spiro atoms. The van der Waals surface area contributed by atoms with Crippen LogP contribution in [0.1, 0.15) is 46.4 Å². The summed E-state index contributed by atoms with van der Waals surface area (Å²) in [5, 5.41) is 6.74. The zero-order valence-corrected chi connectivity index (χ0v) is 13.2. The highest BCUT2D eigenvalue weighted by Gasteiger charge is 2.28. The van der Waals surface area contributed by atoms with Crippen LogP contribution in [0.2, 0.25) is 0 Å². The fourth-order valence-electron chi connectivity index (χ4n) is 1.92. The molecule has 0 bridgehead atoms. The van der Waals surface area contributed by atoms with Crippen LogP contribution in [0.15, 0.2) is 22.7 Å². The third-order valence-corrected chi connectivity index (χ3v) is 4.69. The van der Waals surface area contributed by atoms with Crippen molar-refractivity contribution in [1.82, 2.24) is 15.5 Å². The molecule has 1 aromatic carbocycles. The molecule has 104 valence electrons. The molecule has 1 fully saturated rings. The number of hydrogen-bond acceptors (Lipinski definition) is 4. The van der Waals surface area contributed by atoms with Gasteiger partial charge in [0.1, 0.15) is 0 Å². The minimum Gasteiger partial charge on any atom is -0.343 e. The summed E-state index contributed by atoms with van der Waals surface area (Å²) in [6.45, 7) is 2.25. The smallest absolute Gasteiger partial charge is 0.252 e. The Balaban J connectivity index is 1.64. The molecule has 20 heavy (non-hydrogen) atoms. The quantitative estimate of drug-likeness (QED) is 0.825. The first-order valence-corrected chi connectivity index (χ1v) is 7.59. The van der Waals surface area contributed by atoms with Gasteiger partial charge in [0.25, 0.3) is 5.91 Å². The highest BCUT2D eigenvalue weighted by molar-refractivity contribution is 14.1. The van der Waals surface area contributed by atoms with E-state index in [1.165, 1.54) is 0 Å². The van der Waals surface area contributed by atoms with Gasteiger partial charge in [-0.3, -0.25) is 4.79 Å². The van der Waals surface area contributed by atoms with E-state index in [4.69, 9.17) is 4.52 Å². The molecule has 0 aliphatic heterocycles. The van der Waals surface area contributed by atoms with E-state index in [2.05, 4.69) is 38.0 Å². The summed E-state index contributed by atoms with van der Waals surface area (Å²) in [5.41, 5.74) is 1.76. The number of hydrogen-bond donors (Lipinski definition) is 1. The average Bonchev–Trinajstić information content (AvgIpc) is 3.18. The first-order chi connectivity index (χ1) is 9.65. The number of amides is 1. The second-order valence-electron chi connectivity index (χ2n) is 4.94. The zero-order chi connectivity index (χ0) is 14.1. The van der Waals surface area contributed by atoms with Crippen molar-refractivity contribution in [3.05, 3.63) is 44.6 Å². The van der Waals surface area contributed by atoms with Crippen molar-refractivity contribution in [1.29, 1.82) is 0 Å². The van der Waals surface area contributed by atoms with E-state index in [9.17, 15) is 4.79 Å². The Morgan fingerprint density at radius 3 is 3.05 bits per heavy atom. The highest BCUT2D eigenvalue weighted by atomic mass is 127. The lowest BCUT2D eigenvalue weighted by Gasteiger charge is -2.06. The normalized spacial score (nSPS) is 14.3. The van der Waals surface area contributed by atoms with Crippen molar-refractivity contribution < 1.29 is 9.32 Å². The molecular weight excluding hydrogens is 369 g/mol. The number of benzene rings is 1. The number of nitrogens with zero attached hydrogens (tertiary/aromatic N) is 2. The van der Waals surface area contributed by atoms with Crippen molar-refractivity contribution in [2.45, 2.75) is 32.2 Å². The molecule has 1 N–H and O–H groups in total. The van der Waals surface area contributed by atoms with Crippen LogP contribution < -0.4 is 5.32 Å². The largest absolute Gasteiger partial charge is 0.343 e. The van der Waals surface area contributed by atoms with E-state index in [1.807, 2.05) is 25.1 Å². The molecule has 1 amide bonds. The summed E-state index contributed by atoms with van der Waals surface area (Å²) in [4.78, 5) is 16.4. The van der Waals surface area contributed by atoms with Crippen molar-refractivity contribution in [3.8, 4) is 0 Å². The monoisotopic (exact) mass is 383 g/mol. The second-order valence-corrected chi connectivity index (χ2v) is 6.02. The van der Waals surface area contributed by atoms with Crippen molar-refractivity contribution >= 4 is 28.5 Å². The molecule has 2 aromatic rings. The van der Waals surface area contributed by atoms with Gasteiger partial charge in [0.2, 0.25) is 5.89 Å². The summed E-state index contributed by atoms with van der Waals surface area (Å²) in [6, 6.07) is 5.68. The van der Waals surface area contributed by atoms with Crippen LogP contribution >= 0.6 is 22.6 Å². The van der Waals surface area contributed by atoms with Gasteiger partial charge >= 0.3 is 0 Å². The number of halogens is 1. The van der Waals surface area contributed by atoms with Crippen LogP contribution in [0.3, 0.4) is 0 Å². The number of carbonyl (C=O) groups is 1. The Morgan fingerprint density at radius 2 is 2.30 bits per heavy atom. The van der Waals surface area contributed by atoms with Crippen LogP contribution in [-0.2, 0) is 6.54 Å². The molecule has 1 aliphatic carbocycles. The molecule has 1 saturated carbocycles. The van der Waals surface area contributed by atoms with Gasteiger partial charge in [0, 0.05) is 9.49 Å². The maximum absolute atomic E-state index is 12.1. The van der Waals surface area contributed by atoms with Gasteiger partial charge < -0.3 is 9.84 Å². The van der Waals surface area contributed by atoms with Gasteiger partial charge in [0.05, 0.1) is 12.1 Å². The topological polar surface area (TPSA) is 68.0 Å². The Bertz CT molecular complexity index is 650. The molecule has 0 saturated heterocycles. The standard InChI is InChI=1S/C14H14IN3O2/c1-8-3-2-4-10(12(8)15)14(19)16-7-11-17-13(18-20-11)9-5-6-9/h2-4,9H,5-7H2,1H3,(H,16,19). The minimum absolute atomic E-state index is 0.121. The van der Waals surface area contributed by atoms with Gasteiger partial charge in [-0.1, -0.05) is 17.3 Å². The van der Waals surface area contributed by atoms with Gasteiger partial charge in [-0.15, -0.1) is 0 Å². The van der Waals surface area contributed by atoms with Crippen molar-refractivity contribution in [2.75, 3.05) is 0 Å². The first kappa shape index (κ1) is 13.5. The van der Waals surface area contributed by atoms with Crippen LogP contribution in [0, 0.1) is 10.5 Å². The Kier molecular flexibility index (Phi) is 3.73. The highest BCUT2D eigenvalue weighted by Crippen LogP contribution is 2.38. The predicted molar refractivity (Wildman–Crippen MR) is 81.3 cm³/mol. The van der Waals surface area contributed by atoms with E-state index in [-0.39, 0.29) is 12.5 Å². The Hall–Kier alpha value is -1.44. The Labute approximate surface area is 130 Å². The SMILES string of the molecule is Cc1cccc(C(=O)NCc2nc(C3CC3)no2)c1I. The van der Waals surface area contributed by atoms with Crippen molar-refractivity contribution in [2.24, 2.45) is 0 Å². The average molecular weight is 383 g/mol. The second kappa shape index (κ2) is 5.51. The maximum Gasteiger partial charge on any atom is 0.252 e. The molecule has 1 aliphatic rings. The minimum atomic E-state index is -0.121. The number of aromatic nitrogens is 2. The molecule has 1 heterocycles. The number of nitrogens with one attached hydrogen (secondary N) is 1. The molecule has 1 aromatic heterocycles. The van der Waals surface area contributed by atoms with Crippen LogP contribution in [-0.4, -0.2) is 16.0 Å². The van der Waals surface area contributed by atoms with E-state index in [1.54, 1.807) is 0 Å². The summed E-state index contributed by atoms with van der Waals surface area (Å²) in [7, 11) is 0. The summed E-state index contributed by atoms with van der Waals surface area (Å²) >= 11 is 2.18. The maximum atomic E-state index is 12.1. The number of rotatable bonds is 4.